The highest BCUT2D eigenvalue weighted by molar-refractivity contribution is 6.38. The van der Waals surface area contributed by atoms with Crippen LogP contribution in [0, 0.1) is 11.3 Å². The second-order valence-electron chi connectivity index (χ2n) is 5.35. The Hall–Kier alpha value is -3.39. The Balaban J connectivity index is 2.00. The number of H-pyrrole nitrogens is 1. The summed E-state index contributed by atoms with van der Waals surface area (Å²) in [4.78, 5) is 21.8. The summed E-state index contributed by atoms with van der Waals surface area (Å²) in [5.41, 5.74) is 3.83. The number of allylic oxidation sites excluding steroid dienone is 1. The summed E-state index contributed by atoms with van der Waals surface area (Å²) in [6, 6.07) is 17.1. The van der Waals surface area contributed by atoms with Crippen LogP contribution in [-0.4, -0.2) is 22.9 Å². The number of carbonyl (C=O) groups excluding carboxylic acids is 1. The van der Waals surface area contributed by atoms with Crippen molar-refractivity contribution in [1.29, 1.82) is 5.26 Å². The maximum absolute atomic E-state index is 12.6. The molecule has 0 fully saturated rings. The number of nitrogens with zero attached hydrogens (tertiary/aromatic N) is 3. The zero-order chi connectivity index (χ0) is 16.0. The molecule has 23 heavy (non-hydrogen) atoms. The van der Waals surface area contributed by atoms with Crippen LogP contribution in [0.5, 0.6) is 0 Å². The summed E-state index contributed by atoms with van der Waals surface area (Å²) >= 11 is 0. The number of likely N-dealkylation sites (N-methyl/N-ethyl adjacent to an activating group) is 1. The normalized spacial score (nSPS) is 15.7. The number of rotatable bonds is 1. The Bertz CT molecular complexity index is 990. The van der Waals surface area contributed by atoms with Gasteiger partial charge in [-0.15, -0.1) is 0 Å². The third-order valence-corrected chi connectivity index (χ3v) is 4.04. The van der Waals surface area contributed by atoms with Gasteiger partial charge in [-0.2, -0.15) is 5.26 Å². The van der Waals surface area contributed by atoms with Gasteiger partial charge in [0.25, 0.3) is 5.91 Å². The molecule has 0 spiro atoms. The molecule has 5 nitrogen and oxygen atoms in total. The predicted octanol–water partition coefficient (Wildman–Crippen LogP) is 2.97. The van der Waals surface area contributed by atoms with Crippen LogP contribution in [0.3, 0.4) is 0 Å². The van der Waals surface area contributed by atoms with Crippen molar-refractivity contribution in [2.45, 2.75) is 0 Å². The molecule has 1 aliphatic rings. The molecule has 0 radical (unpaired) electrons. The lowest BCUT2D eigenvalue weighted by atomic mass is 10.0. The third-order valence-electron chi connectivity index (χ3n) is 4.04. The van der Waals surface area contributed by atoms with Gasteiger partial charge in [0.1, 0.15) is 17.5 Å². The van der Waals surface area contributed by atoms with Crippen molar-refractivity contribution in [3.8, 4) is 6.07 Å². The summed E-state index contributed by atoms with van der Waals surface area (Å²) in [6.45, 7) is 0. The number of para-hydroxylation sites is 3. The first kappa shape index (κ1) is 13.3. The van der Waals surface area contributed by atoms with Gasteiger partial charge in [-0.3, -0.25) is 4.79 Å². The van der Waals surface area contributed by atoms with Gasteiger partial charge in [0.05, 0.1) is 22.3 Å². The predicted molar refractivity (Wildman–Crippen MR) is 88.4 cm³/mol. The smallest absolute Gasteiger partial charge is 0.260 e. The van der Waals surface area contributed by atoms with Crippen molar-refractivity contribution in [2.24, 2.45) is 0 Å². The van der Waals surface area contributed by atoms with E-state index in [2.05, 4.69) is 16.0 Å². The molecule has 1 aliphatic heterocycles. The van der Waals surface area contributed by atoms with Crippen LogP contribution in [0.1, 0.15) is 11.4 Å². The summed E-state index contributed by atoms with van der Waals surface area (Å²) in [7, 11) is 1.71. The minimum atomic E-state index is -0.191. The average Bonchev–Trinajstić information content (AvgIpc) is 3.11. The minimum absolute atomic E-state index is 0.191. The van der Waals surface area contributed by atoms with Gasteiger partial charge in [0.2, 0.25) is 0 Å². The second kappa shape index (κ2) is 4.82. The zero-order valence-electron chi connectivity index (χ0n) is 12.4. The molecule has 1 amide bonds. The molecule has 0 atom stereocenters. The number of anilines is 1. The van der Waals surface area contributed by atoms with E-state index in [-0.39, 0.29) is 11.5 Å². The number of imidazole rings is 1. The van der Waals surface area contributed by atoms with Gasteiger partial charge in [0.15, 0.2) is 0 Å². The van der Waals surface area contributed by atoms with Gasteiger partial charge in [-0.05, 0) is 18.2 Å². The average molecular weight is 300 g/mol. The summed E-state index contributed by atoms with van der Waals surface area (Å²) < 4.78 is 0. The number of benzene rings is 2. The van der Waals surface area contributed by atoms with E-state index in [1.165, 1.54) is 0 Å². The summed E-state index contributed by atoms with van der Waals surface area (Å²) in [6.07, 6.45) is 0. The van der Waals surface area contributed by atoms with Crippen LogP contribution in [0.4, 0.5) is 5.69 Å². The zero-order valence-corrected chi connectivity index (χ0v) is 12.4. The molecule has 2 heterocycles. The first-order chi connectivity index (χ1) is 11.2. The van der Waals surface area contributed by atoms with Crippen molar-refractivity contribution >= 4 is 33.8 Å². The van der Waals surface area contributed by atoms with E-state index in [1.807, 2.05) is 48.5 Å². The van der Waals surface area contributed by atoms with Crippen molar-refractivity contribution < 1.29 is 4.79 Å². The topological polar surface area (TPSA) is 72.8 Å². The molecular formula is C18H12N4O. The first-order valence-electron chi connectivity index (χ1n) is 7.17. The van der Waals surface area contributed by atoms with E-state index in [4.69, 9.17) is 0 Å². The lowest BCUT2D eigenvalue weighted by molar-refractivity contribution is -0.112. The van der Waals surface area contributed by atoms with Crippen molar-refractivity contribution in [3.63, 3.8) is 0 Å². The number of aromatic nitrogens is 2. The van der Waals surface area contributed by atoms with E-state index in [9.17, 15) is 10.1 Å². The molecule has 110 valence electrons. The molecule has 0 saturated heterocycles. The lowest BCUT2D eigenvalue weighted by Crippen LogP contribution is -2.20. The molecular weight excluding hydrogens is 288 g/mol. The van der Waals surface area contributed by atoms with Crippen LogP contribution in [0.15, 0.2) is 48.5 Å². The van der Waals surface area contributed by atoms with Gasteiger partial charge in [0, 0.05) is 12.6 Å². The molecule has 0 aliphatic carbocycles. The highest BCUT2D eigenvalue weighted by Gasteiger charge is 2.33. The quantitative estimate of drug-likeness (QED) is 0.554. The van der Waals surface area contributed by atoms with Crippen LogP contribution in [0.2, 0.25) is 0 Å². The fraction of sp³-hybridized carbons (Fsp3) is 0.0556. The molecule has 0 saturated carbocycles. The number of fused-ring (bicyclic) bond motifs is 2. The second-order valence-corrected chi connectivity index (χ2v) is 5.35. The van der Waals surface area contributed by atoms with E-state index >= 15 is 0 Å². The fourth-order valence-electron chi connectivity index (χ4n) is 2.91. The first-order valence-corrected chi connectivity index (χ1v) is 7.17. The maximum Gasteiger partial charge on any atom is 0.260 e. The molecule has 3 aromatic rings. The SMILES string of the molecule is CN1C(=O)/C(=C(/C#N)c2nc3ccccc3[nH]2)c2ccccc21. The Labute approximate surface area is 132 Å². The Morgan fingerprint density at radius 2 is 1.91 bits per heavy atom. The third kappa shape index (κ3) is 1.86. The van der Waals surface area contributed by atoms with E-state index < -0.39 is 0 Å². The van der Waals surface area contributed by atoms with Gasteiger partial charge >= 0.3 is 0 Å². The number of nitrogens with one attached hydrogen (secondary N) is 1. The molecule has 1 aromatic heterocycles. The Morgan fingerprint density at radius 1 is 1.17 bits per heavy atom. The Kier molecular flexibility index (Phi) is 2.78. The highest BCUT2D eigenvalue weighted by Crippen LogP contribution is 2.39. The van der Waals surface area contributed by atoms with Crippen molar-refractivity contribution in [2.75, 3.05) is 11.9 Å². The molecule has 1 N–H and O–H groups in total. The number of nitriles is 1. The summed E-state index contributed by atoms with van der Waals surface area (Å²) in [5.74, 6) is 0.227. The maximum atomic E-state index is 12.6. The van der Waals surface area contributed by atoms with Gasteiger partial charge < -0.3 is 9.88 Å². The van der Waals surface area contributed by atoms with E-state index in [1.54, 1.807) is 11.9 Å². The monoisotopic (exact) mass is 300 g/mol. The number of hydrogen-bond donors (Lipinski definition) is 1. The molecule has 4 rings (SSSR count). The van der Waals surface area contributed by atoms with Crippen molar-refractivity contribution in [3.05, 3.63) is 59.9 Å². The van der Waals surface area contributed by atoms with Crippen LogP contribution >= 0.6 is 0 Å². The van der Waals surface area contributed by atoms with Crippen LogP contribution in [-0.2, 0) is 4.79 Å². The Morgan fingerprint density at radius 3 is 2.70 bits per heavy atom. The number of hydrogen-bond acceptors (Lipinski definition) is 3. The minimum Gasteiger partial charge on any atom is -0.337 e. The fourth-order valence-corrected chi connectivity index (χ4v) is 2.91. The standard InChI is InChI=1S/C18H12N4O/c1-22-15-9-5-2-6-11(15)16(18(22)23)12(10-19)17-20-13-7-3-4-8-14(13)21-17/h2-9H,1H3,(H,20,21)/b16-12-. The lowest BCUT2D eigenvalue weighted by Gasteiger charge is -2.08. The molecule has 0 unspecified atom stereocenters. The highest BCUT2D eigenvalue weighted by atomic mass is 16.2. The van der Waals surface area contributed by atoms with Gasteiger partial charge in [-0.1, -0.05) is 30.3 Å². The molecule has 0 bridgehead atoms. The van der Waals surface area contributed by atoms with Crippen LogP contribution in [0.25, 0.3) is 22.2 Å². The number of carbonyl (C=O) groups is 1. The van der Waals surface area contributed by atoms with E-state index in [0.29, 0.717) is 11.4 Å². The van der Waals surface area contributed by atoms with Crippen LogP contribution < -0.4 is 4.90 Å². The number of aromatic amines is 1. The molecule has 2 aromatic carbocycles. The number of amides is 1. The van der Waals surface area contributed by atoms with E-state index in [0.717, 1.165) is 22.3 Å². The van der Waals surface area contributed by atoms with Gasteiger partial charge in [-0.25, -0.2) is 4.98 Å². The van der Waals surface area contributed by atoms with Crippen molar-refractivity contribution in [1.82, 2.24) is 9.97 Å². The largest absolute Gasteiger partial charge is 0.337 e. The molecule has 5 heteroatoms. The summed E-state index contributed by atoms with van der Waals surface area (Å²) in [5, 5.41) is 9.66.